The number of aryl methyl sites for hydroxylation is 3. The van der Waals surface area contributed by atoms with Gasteiger partial charge in [-0.1, -0.05) is 11.6 Å². The molecule has 0 spiro atoms. The fourth-order valence-electron chi connectivity index (χ4n) is 3.53. The van der Waals surface area contributed by atoms with E-state index < -0.39 is 0 Å². The highest BCUT2D eigenvalue weighted by Gasteiger charge is 2.23. The van der Waals surface area contributed by atoms with Gasteiger partial charge < -0.3 is 5.32 Å². The Balaban J connectivity index is 1.73. The summed E-state index contributed by atoms with van der Waals surface area (Å²) in [7, 11) is 0. The highest BCUT2D eigenvalue weighted by molar-refractivity contribution is 6.30. The minimum absolute atomic E-state index is 0.143. The number of amides is 1. The van der Waals surface area contributed by atoms with Crippen molar-refractivity contribution in [2.45, 2.75) is 39.7 Å². The van der Waals surface area contributed by atoms with Crippen molar-refractivity contribution >= 4 is 23.2 Å². The smallest absolute Gasteiger partial charge is 0.258 e. The lowest BCUT2D eigenvalue weighted by atomic mass is 10.2. The molecule has 0 radical (unpaired) electrons. The first kappa shape index (κ1) is 18.4. The zero-order valence-corrected chi connectivity index (χ0v) is 16.5. The van der Waals surface area contributed by atoms with Crippen LogP contribution in [0.25, 0.3) is 5.95 Å². The van der Waals surface area contributed by atoms with Crippen LogP contribution in [0.3, 0.4) is 0 Å². The number of carbonyl (C=O) groups excluding carboxylic acids is 1. The van der Waals surface area contributed by atoms with Gasteiger partial charge in [-0.25, -0.2) is 9.67 Å². The first-order valence-corrected chi connectivity index (χ1v) is 9.52. The molecule has 0 unspecified atom stereocenters. The molecule has 0 atom stereocenters. The predicted molar refractivity (Wildman–Crippen MR) is 107 cm³/mol. The van der Waals surface area contributed by atoms with Crippen molar-refractivity contribution in [3.05, 3.63) is 68.4 Å². The van der Waals surface area contributed by atoms with Gasteiger partial charge in [-0.15, -0.1) is 0 Å². The van der Waals surface area contributed by atoms with Crippen LogP contribution in [0.2, 0.25) is 5.02 Å². The Hall–Kier alpha value is -2.93. The molecule has 144 valence electrons. The second-order valence-electron chi connectivity index (χ2n) is 6.98. The summed E-state index contributed by atoms with van der Waals surface area (Å²) < 4.78 is 3.04. The minimum Gasteiger partial charge on any atom is -0.325 e. The molecule has 0 bridgehead atoms. The normalized spacial score (nSPS) is 12.8. The summed E-state index contributed by atoms with van der Waals surface area (Å²) in [6, 6.07) is 8.73. The lowest BCUT2D eigenvalue weighted by Crippen LogP contribution is -2.34. The Morgan fingerprint density at radius 2 is 1.96 bits per heavy atom. The van der Waals surface area contributed by atoms with E-state index in [1.165, 1.54) is 4.57 Å². The van der Waals surface area contributed by atoms with Gasteiger partial charge in [-0.3, -0.25) is 14.2 Å². The van der Waals surface area contributed by atoms with Gasteiger partial charge in [0.25, 0.3) is 5.56 Å². The number of fused-ring (bicyclic) bond motifs is 1. The number of carbonyl (C=O) groups is 1. The van der Waals surface area contributed by atoms with E-state index in [-0.39, 0.29) is 18.0 Å². The summed E-state index contributed by atoms with van der Waals surface area (Å²) in [4.78, 5) is 30.4. The maximum absolute atomic E-state index is 13.1. The van der Waals surface area contributed by atoms with Gasteiger partial charge in [0.1, 0.15) is 6.54 Å². The van der Waals surface area contributed by atoms with Crippen molar-refractivity contribution < 1.29 is 4.79 Å². The maximum Gasteiger partial charge on any atom is 0.258 e. The van der Waals surface area contributed by atoms with Gasteiger partial charge in [-0.2, -0.15) is 5.10 Å². The first-order valence-electron chi connectivity index (χ1n) is 9.14. The molecule has 2 aromatic heterocycles. The monoisotopic (exact) mass is 397 g/mol. The van der Waals surface area contributed by atoms with E-state index in [0.717, 1.165) is 29.9 Å². The molecule has 0 saturated heterocycles. The van der Waals surface area contributed by atoms with Gasteiger partial charge in [0.15, 0.2) is 0 Å². The molecule has 3 aromatic rings. The van der Waals surface area contributed by atoms with Gasteiger partial charge in [0, 0.05) is 22.0 Å². The third kappa shape index (κ3) is 3.45. The zero-order valence-electron chi connectivity index (χ0n) is 15.7. The third-order valence-electron chi connectivity index (χ3n) is 4.80. The predicted octanol–water partition coefficient (Wildman–Crippen LogP) is 2.83. The van der Waals surface area contributed by atoms with E-state index in [4.69, 9.17) is 16.6 Å². The lowest BCUT2D eigenvalue weighted by Gasteiger charge is -2.15. The van der Waals surface area contributed by atoms with Crippen molar-refractivity contribution in [2.24, 2.45) is 0 Å². The van der Waals surface area contributed by atoms with Crippen LogP contribution >= 0.6 is 11.6 Å². The van der Waals surface area contributed by atoms with Crippen LogP contribution in [-0.4, -0.2) is 25.2 Å². The second kappa shape index (κ2) is 7.24. The van der Waals surface area contributed by atoms with Gasteiger partial charge >= 0.3 is 0 Å². The Kier molecular flexibility index (Phi) is 4.77. The number of nitrogens with zero attached hydrogens (tertiary/aromatic N) is 4. The molecule has 1 aromatic carbocycles. The number of hydrogen-bond acceptors (Lipinski definition) is 4. The molecule has 7 nitrogen and oxygen atoms in total. The van der Waals surface area contributed by atoms with Gasteiger partial charge in [0.2, 0.25) is 11.9 Å². The fourth-order valence-corrected chi connectivity index (χ4v) is 3.66. The summed E-state index contributed by atoms with van der Waals surface area (Å²) in [6.07, 6.45) is 2.36. The van der Waals surface area contributed by atoms with Crippen molar-refractivity contribution in [3.63, 3.8) is 0 Å². The molecule has 0 saturated carbocycles. The summed E-state index contributed by atoms with van der Waals surface area (Å²) in [5.41, 5.74) is 3.63. The van der Waals surface area contributed by atoms with Crippen molar-refractivity contribution in [1.29, 1.82) is 0 Å². The molecular formula is C20H20ClN5O2. The van der Waals surface area contributed by atoms with E-state index >= 15 is 0 Å². The minimum atomic E-state index is -0.313. The Morgan fingerprint density at radius 3 is 2.64 bits per heavy atom. The summed E-state index contributed by atoms with van der Waals surface area (Å²) in [6.45, 7) is 3.64. The van der Waals surface area contributed by atoms with Crippen molar-refractivity contribution in [2.75, 3.05) is 5.32 Å². The van der Waals surface area contributed by atoms with Crippen LogP contribution in [0.15, 0.2) is 35.1 Å². The summed E-state index contributed by atoms with van der Waals surface area (Å²) >= 11 is 5.88. The number of hydrogen-bond donors (Lipinski definition) is 1. The molecule has 1 aliphatic rings. The zero-order chi connectivity index (χ0) is 19.8. The van der Waals surface area contributed by atoms with Crippen LogP contribution in [0.5, 0.6) is 0 Å². The van der Waals surface area contributed by atoms with Crippen LogP contribution in [0.4, 0.5) is 5.69 Å². The molecule has 0 aliphatic heterocycles. The first-order chi connectivity index (χ1) is 13.4. The molecule has 1 N–H and O–H groups in total. The Morgan fingerprint density at radius 1 is 1.21 bits per heavy atom. The SMILES string of the molecule is Cc1cc(C)n(-c2nc3c(c(=O)n2CC(=O)Nc2ccc(Cl)cc2)CCC3)n1. The number of rotatable bonds is 4. The standard InChI is InChI=1S/C20H20ClN5O2/c1-12-10-13(2)26(24-12)20-23-17-5-3-4-16(17)19(28)25(20)11-18(27)22-15-8-6-14(21)7-9-15/h6-10H,3-5,11H2,1-2H3,(H,22,27). The average Bonchev–Trinajstić information content (AvgIpc) is 3.25. The average molecular weight is 398 g/mol. The molecule has 1 amide bonds. The lowest BCUT2D eigenvalue weighted by molar-refractivity contribution is -0.116. The summed E-state index contributed by atoms with van der Waals surface area (Å²) in [5.74, 6) is 0.0643. The molecule has 0 fully saturated rings. The largest absolute Gasteiger partial charge is 0.325 e. The van der Waals surface area contributed by atoms with E-state index in [1.54, 1.807) is 28.9 Å². The quantitative estimate of drug-likeness (QED) is 0.733. The van der Waals surface area contributed by atoms with Gasteiger partial charge in [-0.05, 0) is 63.4 Å². The van der Waals surface area contributed by atoms with Crippen LogP contribution in [-0.2, 0) is 24.2 Å². The second-order valence-corrected chi connectivity index (χ2v) is 7.41. The van der Waals surface area contributed by atoms with E-state index in [1.807, 2.05) is 19.9 Å². The molecule has 28 heavy (non-hydrogen) atoms. The Bertz CT molecular complexity index is 1110. The van der Waals surface area contributed by atoms with Crippen LogP contribution in [0.1, 0.15) is 29.1 Å². The number of anilines is 1. The van der Waals surface area contributed by atoms with E-state index in [0.29, 0.717) is 28.6 Å². The molecule has 1 aliphatic carbocycles. The molecule has 4 rings (SSSR count). The number of benzene rings is 1. The van der Waals surface area contributed by atoms with Crippen LogP contribution in [0, 0.1) is 13.8 Å². The van der Waals surface area contributed by atoms with Crippen molar-refractivity contribution in [3.8, 4) is 5.95 Å². The highest BCUT2D eigenvalue weighted by atomic mass is 35.5. The number of nitrogens with one attached hydrogen (secondary N) is 1. The highest BCUT2D eigenvalue weighted by Crippen LogP contribution is 2.19. The van der Waals surface area contributed by atoms with E-state index in [2.05, 4.69) is 10.4 Å². The molecular weight excluding hydrogens is 378 g/mol. The molecule has 2 heterocycles. The van der Waals surface area contributed by atoms with Crippen LogP contribution < -0.4 is 10.9 Å². The maximum atomic E-state index is 13.1. The number of halogens is 1. The fraction of sp³-hybridized carbons (Fsp3) is 0.300. The number of aromatic nitrogens is 4. The van der Waals surface area contributed by atoms with Crippen molar-refractivity contribution in [1.82, 2.24) is 19.3 Å². The van der Waals surface area contributed by atoms with E-state index in [9.17, 15) is 9.59 Å². The topological polar surface area (TPSA) is 81.8 Å². The Labute approximate surface area is 167 Å². The third-order valence-corrected chi connectivity index (χ3v) is 5.05. The molecule has 8 heteroatoms. The summed E-state index contributed by atoms with van der Waals surface area (Å²) in [5, 5.41) is 7.84. The van der Waals surface area contributed by atoms with Gasteiger partial charge in [0.05, 0.1) is 11.4 Å².